The third-order valence-corrected chi connectivity index (χ3v) is 3.27. The molecule has 1 aromatic heterocycles. The second-order valence-electron chi connectivity index (χ2n) is 4.79. The van der Waals surface area contributed by atoms with Crippen molar-refractivity contribution in [3.05, 3.63) is 23.8 Å². The van der Waals surface area contributed by atoms with Crippen molar-refractivity contribution in [3.8, 4) is 11.8 Å². The van der Waals surface area contributed by atoms with Crippen LogP contribution in [0.25, 0.3) is 0 Å². The van der Waals surface area contributed by atoms with Crippen LogP contribution in [0.5, 0.6) is 0 Å². The average molecular weight is 241 g/mol. The Morgan fingerprint density at radius 2 is 2.33 bits per heavy atom. The summed E-state index contributed by atoms with van der Waals surface area (Å²) >= 11 is 0. The summed E-state index contributed by atoms with van der Waals surface area (Å²) in [6, 6.07) is 1.82. The van der Waals surface area contributed by atoms with E-state index in [0.29, 0.717) is 18.9 Å². The summed E-state index contributed by atoms with van der Waals surface area (Å²) in [5.41, 5.74) is 0.763. The van der Waals surface area contributed by atoms with Gasteiger partial charge in [0.1, 0.15) is 11.5 Å². The van der Waals surface area contributed by atoms with Crippen LogP contribution in [0.3, 0.4) is 0 Å². The van der Waals surface area contributed by atoms with Gasteiger partial charge in [0.2, 0.25) is 5.91 Å². The summed E-state index contributed by atoms with van der Waals surface area (Å²) in [6.07, 6.45) is 5.78. The van der Waals surface area contributed by atoms with Gasteiger partial charge < -0.3 is 4.90 Å². The maximum Gasteiger partial charge on any atom is 0.223 e. The van der Waals surface area contributed by atoms with Crippen LogP contribution >= 0.6 is 0 Å². The molecule has 92 valence electrons. The first-order valence-electron chi connectivity index (χ1n) is 6.42. The summed E-state index contributed by atoms with van der Waals surface area (Å²) < 4.78 is 0. The average Bonchev–Trinajstić information content (AvgIpc) is 3.15. The fourth-order valence-corrected chi connectivity index (χ4v) is 2.08. The molecule has 2 aliphatic rings. The molecule has 1 saturated carbocycles. The third-order valence-electron chi connectivity index (χ3n) is 3.27. The molecule has 4 heteroatoms. The Hall–Kier alpha value is -1.89. The molecule has 2 heterocycles. The molecule has 1 aliphatic carbocycles. The Kier molecular flexibility index (Phi) is 2.97. The van der Waals surface area contributed by atoms with E-state index in [-0.39, 0.29) is 5.91 Å². The zero-order valence-electron chi connectivity index (χ0n) is 10.2. The standard InChI is InChI=1S/C14H15N3O/c18-13-4-2-10-17(13)9-1-3-12-7-8-15-14(16-12)11-5-6-11/h7-8,11H,2,4-6,9-10H2. The highest BCUT2D eigenvalue weighted by Gasteiger charge is 2.26. The molecule has 1 aliphatic heterocycles. The van der Waals surface area contributed by atoms with Crippen LogP contribution in [0.4, 0.5) is 0 Å². The fraction of sp³-hybridized carbons (Fsp3) is 0.500. The molecule has 0 atom stereocenters. The predicted molar refractivity (Wildman–Crippen MR) is 66.7 cm³/mol. The summed E-state index contributed by atoms with van der Waals surface area (Å²) in [4.78, 5) is 21.9. The molecule has 4 nitrogen and oxygen atoms in total. The Balaban J connectivity index is 1.65. The van der Waals surface area contributed by atoms with Gasteiger partial charge in [0, 0.05) is 25.1 Å². The lowest BCUT2D eigenvalue weighted by atomic mass is 10.3. The van der Waals surface area contributed by atoms with E-state index in [2.05, 4.69) is 21.8 Å². The number of hydrogen-bond acceptors (Lipinski definition) is 3. The monoisotopic (exact) mass is 241 g/mol. The van der Waals surface area contributed by atoms with Crippen molar-refractivity contribution in [2.75, 3.05) is 13.1 Å². The van der Waals surface area contributed by atoms with E-state index in [1.165, 1.54) is 12.8 Å². The highest BCUT2D eigenvalue weighted by atomic mass is 16.2. The minimum absolute atomic E-state index is 0.214. The summed E-state index contributed by atoms with van der Waals surface area (Å²) in [6.45, 7) is 1.35. The minimum Gasteiger partial charge on any atom is -0.332 e. The zero-order valence-corrected chi connectivity index (χ0v) is 10.2. The van der Waals surface area contributed by atoms with Crippen LogP contribution in [0.1, 0.15) is 43.1 Å². The molecule has 0 bridgehead atoms. The van der Waals surface area contributed by atoms with E-state index in [1.807, 2.05) is 6.07 Å². The normalized spacial score (nSPS) is 18.7. The number of likely N-dealkylation sites (tertiary alicyclic amines) is 1. The van der Waals surface area contributed by atoms with Crippen molar-refractivity contribution in [3.63, 3.8) is 0 Å². The molecule has 0 N–H and O–H groups in total. The first kappa shape index (κ1) is 11.2. The van der Waals surface area contributed by atoms with Crippen LogP contribution in [0.15, 0.2) is 12.3 Å². The lowest BCUT2D eigenvalue weighted by Gasteiger charge is -2.09. The Morgan fingerprint density at radius 3 is 3.06 bits per heavy atom. The van der Waals surface area contributed by atoms with Gasteiger partial charge >= 0.3 is 0 Å². The van der Waals surface area contributed by atoms with Crippen LogP contribution in [-0.4, -0.2) is 33.9 Å². The number of aromatic nitrogens is 2. The smallest absolute Gasteiger partial charge is 0.223 e. The largest absolute Gasteiger partial charge is 0.332 e. The lowest BCUT2D eigenvalue weighted by molar-refractivity contribution is -0.127. The minimum atomic E-state index is 0.214. The van der Waals surface area contributed by atoms with Gasteiger partial charge in [0.05, 0.1) is 6.54 Å². The molecule has 0 spiro atoms. The molecule has 1 aromatic rings. The van der Waals surface area contributed by atoms with Gasteiger partial charge in [0.15, 0.2) is 0 Å². The highest BCUT2D eigenvalue weighted by Crippen LogP contribution is 2.37. The molecule has 0 aromatic carbocycles. The fourth-order valence-electron chi connectivity index (χ4n) is 2.08. The van der Waals surface area contributed by atoms with E-state index in [0.717, 1.165) is 24.5 Å². The maximum absolute atomic E-state index is 11.4. The topological polar surface area (TPSA) is 46.1 Å². The van der Waals surface area contributed by atoms with Crippen molar-refractivity contribution in [2.24, 2.45) is 0 Å². The predicted octanol–water partition coefficient (Wildman–Crippen LogP) is 1.33. The van der Waals surface area contributed by atoms with Crippen LogP contribution in [0, 0.1) is 11.8 Å². The second-order valence-corrected chi connectivity index (χ2v) is 4.79. The van der Waals surface area contributed by atoms with Crippen molar-refractivity contribution in [2.45, 2.75) is 31.6 Å². The van der Waals surface area contributed by atoms with Gasteiger partial charge in [-0.15, -0.1) is 0 Å². The van der Waals surface area contributed by atoms with E-state index >= 15 is 0 Å². The zero-order chi connectivity index (χ0) is 12.4. The SMILES string of the molecule is O=C1CCCN1CC#Cc1ccnc(C2CC2)n1. The van der Waals surface area contributed by atoms with Crippen molar-refractivity contribution >= 4 is 5.91 Å². The molecule has 1 saturated heterocycles. The number of hydrogen-bond donors (Lipinski definition) is 0. The van der Waals surface area contributed by atoms with Crippen molar-refractivity contribution in [1.29, 1.82) is 0 Å². The Labute approximate surface area is 106 Å². The van der Waals surface area contributed by atoms with E-state index < -0.39 is 0 Å². The van der Waals surface area contributed by atoms with E-state index in [9.17, 15) is 4.79 Å². The second kappa shape index (κ2) is 4.77. The van der Waals surface area contributed by atoms with Gasteiger partial charge in [-0.05, 0) is 31.2 Å². The molecular weight excluding hydrogens is 226 g/mol. The molecule has 0 unspecified atom stereocenters. The maximum atomic E-state index is 11.4. The van der Waals surface area contributed by atoms with Gasteiger partial charge in [-0.3, -0.25) is 4.79 Å². The first-order chi connectivity index (χ1) is 8.83. The number of amides is 1. The number of carbonyl (C=O) groups is 1. The molecule has 0 radical (unpaired) electrons. The van der Waals surface area contributed by atoms with Gasteiger partial charge in [-0.1, -0.05) is 5.92 Å². The molecule has 2 fully saturated rings. The van der Waals surface area contributed by atoms with E-state index in [1.54, 1.807) is 11.1 Å². The highest BCUT2D eigenvalue weighted by molar-refractivity contribution is 5.78. The lowest BCUT2D eigenvalue weighted by Crippen LogP contribution is -2.24. The van der Waals surface area contributed by atoms with Crippen molar-refractivity contribution in [1.82, 2.24) is 14.9 Å². The Bertz CT molecular complexity index is 525. The number of carbonyl (C=O) groups excluding carboxylic acids is 1. The third kappa shape index (κ3) is 2.51. The summed E-state index contributed by atoms with van der Waals surface area (Å²) in [5.74, 6) is 7.72. The summed E-state index contributed by atoms with van der Waals surface area (Å²) in [5, 5.41) is 0. The van der Waals surface area contributed by atoms with Crippen LogP contribution < -0.4 is 0 Å². The van der Waals surface area contributed by atoms with Gasteiger partial charge in [-0.25, -0.2) is 9.97 Å². The molecule has 1 amide bonds. The van der Waals surface area contributed by atoms with Gasteiger partial charge in [-0.2, -0.15) is 0 Å². The Morgan fingerprint density at radius 1 is 1.44 bits per heavy atom. The van der Waals surface area contributed by atoms with Crippen LogP contribution in [-0.2, 0) is 4.79 Å². The quantitative estimate of drug-likeness (QED) is 0.734. The van der Waals surface area contributed by atoms with Crippen molar-refractivity contribution < 1.29 is 4.79 Å². The molecule has 3 rings (SSSR count). The molecular formula is C14H15N3O. The van der Waals surface area contributed by atoms with Crippen LogP contribution in [0.2, 0.25) is 0 Å². The summed E-state index contributed by atoms with van der Waals surface area (Å²) in [7, 11) is 0. The number of rotatable bonds is 2. The van der Waals surface area contributed by atoms with Gasteiger partial charge in [0.25, 0.3) is 0 Å². The van der Waals surface area contributed by atoms with E-state index in [4.69, 9.17) is 0 Å². The first-order valence-corrected chi connectivity index (χ1v) is 6.42. The molecule has 18 heavy (non-hydrogen) atoms. The number of nitrogens with zero attached hydrogens (tertiary/aromatic N) is 3.